The number of hydrogen-bond acceptors (Lipinski definition) is 2. The Labute approximate surface area is 108 Å². The number of hydrogen-bond donors (Lipinski definition) is 1. The van der Waals surface area contributed by atoms with Gasteiger partial charge in [-0.1, -0.05) is 12.1 Å². The molecular weight excluding hydrogens is 257 g/mol. The Morgan fingerprint density at radius 3 is 2.32 bits per heavy atom. The summed E-state index contributed by atoms with van der Waals surface area (Å²) in [5.41, 5.74) is 0.0368. The molecule has 0 spiro atoms. The highest BCUT2D eigenvalue weighted by Gasteiger charge is 2.17. The average molecular weight is 268 g/mol. The molecule has 2 aromatic rings. The summed E-state index contributed by atoms with van der Waals surface area (Å²) in [7, 11) is 1.31. The molecule has 5 heteroatoms. The maximum absolute atomic E-state index is 13.5. The van der Waals surface area contributed by atoms with Crippen LogP contribution < -0.4 is 4.74 Å². The molecule has 0 aliphatic heterocycles. The first-order valence-electron chi connectivity index (χ1n) is 5.49. The minimum atomic E-state index is -1.37. The fourth-order valence-corrected chi connectivity index (χ4v) is 1.76. The van der Waals surface area contributed by atoms with Crippen molar-refractivity contribution in [2.24, 2.45) is 0 Å². The first-order valence-corrected chi connectivity index (χ1v) is 5.49. The van der Waals surface area contributed by atoms with E-state index >= 15 is 0 Å². The van der Waals surface area contributed by atoms with E-state index in [2.05, 4.69) is 0 Å². The van der Waals surface area contributed by atoms with E-state index in [0.29, 0.717) is 6.07 Å². The minimum absolute atomic E-state index is 0.0236. The molecule has 2 nitrogen and oxygen atoms in total. The van der Waals surface area contributed by atoms with Gasteiger partial charge in [0.2, 0.25) is 0 Å². The van der Waals surface area contributed by atoms with Gasteiger partial charge in [0.05, 0.1) is 7.11 Å². The van der Waals surface area contributed by atoms with E-state index < -0.39 is 23.6 Å². The predicted molar refractivity (Wildman–Crippen MR) is 63.4 cm³/mol. The van der Waals surface area contributed by atoms with Gasteiger partial charge in [-0.2, -0.15) is 0 Å². The molecular formula is C14H11F3O2. The van der Waals surface area contributed by atoms with Crippen LogP contribution >= 0.6 is 0 Å². The zero-order valence-electron chi connectivity index (χ0n) is 10.0. The SMILES string of the molecule is COc1ccc(C(O)c2ccc(F)cc2F)cc1F. The Balaban J connectivity index is 2.38. The number of ether oxygens (including phenoxy) is 1. The Morgan fingerprint density at radius 1 is 1.00 bits per heavy atom. The highest BCUT2D eigenvalue weighted by molar-refractivity contribution is 5.35. The lowest BCUT2D eigenvalue weighted by atomic mass is 10.0. The summed E-state index contributed by atoms with van der Waals surface area (Å²) in [4.78, 5) is 0. The number of methoxy groups -OCH3 is 1. The molecule has 19 heavy (non-hydrogen) atoms. The monoisotopic (exact) mass is 268 g/mol. The minimum Gasteiger partial charge on any atom is -0.494 e. The summed E-state index contributed by atoms with van der Waals surface area (Å²) in [6.07, 6.45) is -1.37. The number of halogens is 3. The van der Waals surface area contributed by atoms with E-state index in [1.165, 1.54) is 19.2 Å². The lowest BCUT2D eigenvalue weighted by molar-refractivity contribution is 0.214. The highest BCUT2D eigenvalue weighted by atomic mass is 19.1. The summed E-state index contributed by atoms with van der Waals surface area (Å²) >= 11 is 0. The maximum Gasteiger partial charge on any atom is 0.165 e. The van der Waals surface area contributed by atoms with Gasteiger partial charge in [0.1, 0.15) is 17.7 Å². The van der Waals surface area contributed by atoms with Gasteiger partial charge in [-0.15, -0.1) is 0 Å². The summed E-state index contributed by atoms with van der Waals surface area (Å²) < 4.78 is 44.5. The Morgan fingerprint density at radius 2 is 1.74 bits per heavy atom. The second-order valence-electron chi connectivity index (χ2n) is 3.96. The molecule has 0 aliphatic carbocycles. The van der Waals surface area contributed by atoms with Crippen LogP contribution in [0.3, 0.4) is 0 Å². The van der Waals surface area contributed by atoms with Crippen molar-refractivity contribution < 1.29 is 23.0 Å². The first-order chi connectivity index (χ1) is 9.02. The normalized spacial score (nSPS) is 12.3. The largest absolute Gasteiger partial charge is 0.494 e. The second kappa shape index (κ2) is 5.32. The van der Waals surface area contributed by atoms with Crippen molar-refractivity contribution in [3.05, 3.63) is 65.0 Å². The molecule has 0 bridgehead atoms. The van der Waals surface area contributed by atoms with Crippen molar-refractivity contribution in [1.82, 2.24) is 0 Å². The van der Waals surface area contributed by atoms with Crippen molar-refractivity contribution >= 4 is 0 Å². The molecule has 0 aliphatic rings. The molecule has 2 aromatic carbocycles. The van der Waals surface area contributed by atoms with E-state index in [1.807, 2.05) is 0 Å². The molecule has 0 radical (unpaired) electrons. The first kappa shape index (κ1) is 13.4. The molecule has 0 saturated carbocycles. The van der Waals surface area contributed by atoms with Gasteiger partial charge < -0.3 is 9.84 Å². The van der Waals surface area contributed by atoms with Crippen LogP contribution in [0, 0.1) is 17.5 Å². The van der Waals surface area contributed by atoms with Crippen LogP contribution in [0.15, 0.2) is 36.4 Å². The molecule has 2 rings (SSSR count). The molecule has 0 saturated heterocycles. The quantitative estimate of drug-likeness (QED) is 0.926. The van der Waals surface area contributed by atoms with Gasteiger partial charge in [-0.3, -0.25) is 0 Å². The van der Waals surface area contributed by atoms with Gasteiger partial charge in [-0.25, -0.2) is 13.2 Å². The lowest BCUT2D eigenvalue weighted by Crippen LogP contribution is -2.04. The van der Waals surface area contributed by atoms with Gasteiger partial charge >= 0.3 is 0 Å². The smallest absolute Gasteiger partial charge is 0.165 e. The predicted octanol–water partition coefficient (Wildman–Crippen LogP) is 3.19. The van der Waals surface area contributed by atoms with Crippen molar-refractivity contribution in [3.8, 4) is 5.75 Å². The van der Waals surface area contributed by atoms with E-state index in [1.54, 1.807) is 0 Å². The third-order valence-electron chi connectivity index (χ3n) is 2.75. The van der Waals surface area contributed by atoms with Crippen LogP contribution in [-0.2, 0) is 0 Å². The second-order valence-corrected chi connectivity index (χ2v) is 3.96. The van der Waals surface area contributed by atoms with Crippen LogP contribution in [-0.4, -0.2) is 12.2 Å². The van der Waals surface area contributed by atoms with E-state index in [0.717, 1.165) is 18.2 Å². The number of rotatable bonds is 3. The third kappa shape index (κ3) is 2.71. The van der Waals surface area contributed by atoms with Crippen LogP contribution in [0.4, 0.5) is 13.2 Å². The highest BCUT2D eigenvalue weighted by Crippen LogP contribution is 2.28. The lowest BCUT2D eigenvalue weighted by Gasteiger charge is -2.13. The van der Waals surface area contributed by atoms with Crippen molar-refractivity contribution in [2.75, 3.05) is 7.11 Å². The van der Waals surface area contributed by atoms with Crippen molar-refractivity contribution in [2.45, 2.75) is 6.10 Å². The van der Waals surface area contributed by atoms with E-state index in [-0.39, 0.29) is 16.9 Å². The Kier molecular flexibility index (Phi) is 3.76. The summed E-state index contributed by atoms with van der Waals surface area (Å²) in [6.45, 7) is 0. The zero-order chi connectivity index (χ0) is 14.0. The van der Waals surface area contributed by atoms with Crippen LogP contribution in [0.5, 0.6) is 5.75 Å². The summed E-state index contributed by atoms with van der Waals surface area (Å²) in [5.74, 6) is -2.27. The van der Waals surface area contributed by atoms with Crippen molar-refractivity contribution in [3.63, 3.8) is 0 Å². The van der Waals surface area contributed by atoms with Gasteiger partial charge in [0.15, 0.2) is 11.6 Å². The Bertz CT molecular complexity index is 599. The molecule has 1 N–H and O–H groups in total. The third-order valence-corrected chi connectivity index (χ3v) is 2.75. The molecule has 1 unspecified atom stereocenters. The summed E-state index contributed by atoms with van der Waals surface area (Å²) in [5, 5.41) is 9.98. The number of benzene rings is 2. The van der Waals surface area contributed by atoms with Crippen molar-refractivity contribution in [1.29, 1.82) is 0 Å². The van der Waals surface area contributed by atoms with Gasteiger partial charge in [0.25, 0.3) is 0 Å². The van der Waals surface area contributed by atoms with Crippen LogP contribution in [0.1, 0.15) is 17.2 Å². The average Bonchev–Trinajstić information content (AvgIpc) is 2.38. The fraction of sp³-hybridized carbons (Fsp3) is 0.143. The molecule has 1 atom stereocenters. The molecule has 0 amide bonds. The number of aliphatic hydroxyl groups is 1. The van der Waals surface area contributed by atoms with E-state index in [9.17, 15) is 18.3 Å². The summed E-state index contributed by atoms with van der Waals surface area (Å²) in [6, 6.07) is 6.61. The zero-order valence-corrected chi connectivity index (χ0v) is 10.0. The van der Waals surface area contributed by atoms with E-state index in [4.69, 9.17) is 4.74 Å². The fourth-order valence-electron chi connectivity index (χ4n) is 1.76. The van der Waals surface area contributed by atoms with Gasteiger partial charge in [-0.05, 0) is 23.8 Å². The molecule has 0 heterocycles. The number of aliphatic hydroxyl groups excluding tert-OH is 1. The van der Waals surface area contributed by atoms with Gasteiger partial charge in [0, 0.05) is 11.6 Å². The maximum atomic E-state index is 13.5. The molecule has 100 valence electrons. The molecule has 0 fully saturated rings. The standard InChI is InChI=1S/C14H11F3O2/c1-19-13-5-2-8(6-12(13)17)14(18)10-4-3-9(15)7-11(10)16/h2-7,14,18H,1H3. The Hall–Kier alpha value is -2.01. The molecule has 0 aromatic heterocycles. The van der Waals surface area contributed by atoms with Crippen LogP contribution in [0.2, 0.25) is 0 Å². The van der Waals surface area contributed by atoms with Crippen LogP contribution in [0.25, 0.3) is 0 Å². The topological polar surface area (TPSA) is 29.5 Å².